The molecule has 2 unspecified atom stereocenters. The summed E-state index contributed by atoms with van der Waals surface area (Å²) in [7, 11) is 0. The van der Waals surface area contributed by atoms with Crippen molar-refractivity contribution in [2.45, 2.75) is 38.3 Å². The minimum absolute atomic E-state index is 0.523. The molecule has 0 aliphatic carbocycles. The van der Waals surface area contributed by atoms with E-state index in [0.717, 1.165) is 0 Å². The summed E-state index contributed by atoms with van der Waals surface area (Å²) in [6.45, 7) is 8.81. The maximum atomic E-state index is 4.55. The zero-order chi connectivity index (χ0) is 7.72. The van der Waals surface area contributed by atoms with Gasteiger partial charge in [0.2, 0.25) is 0 Å². The molecule has 1 aliphatic heterocycles. The highest BCUT2D eigenvalue weighted by Gasteiger charge is 2.24. The Morgan fingerprint density at radius 3 is 2.30 bits per heavy atom. The molecule has 0 fully saturated rings. The first-order valence-corrected chi connectivity index (χ1v) is 4.75. The van der Waals surface area contributed by atoms with Gasteiger partial charge in [0.1, 0.15) is 0 Å². The van der Waals surface area contributed by atoms with Gasteiger partial charge in [-0.25, -0.2) is 0 Å². The van der Waals surface area contributed by atoms with Crippen molar-refractivity contribution in [3.8, 4) is 0 Å². The summed E-state index contributed by atoms with van der Waals surface area (Å²) < 4.78 is 0. The molecule has 1 heterocycles. The summed E-state index contributed by atoms with van der Waals surface area (Å²) in [4.78, 5) is 4.55. The molecule has 0 aromatic carbocycles. The first-order chi connectivity index (χ1) is 4.61. The van der Waals surface area contributed by atoms with Gasteiger partial charge < -0.3 is 0 Å². The van der Waals surface area contributed by atoms with E-state index in [1.807, 2.05) is 11.8 Å². The predicted octanol–water partition coefficient (Wildman–Crippen LogP) is 2.56. The van der Waals surface area contributed by atoms with Crippen LogP contribution in [0.5, 0.6) is 0 Å². The molecule has 0 spiro atoms. The summed E-state index contributed by atoms with van der Waals surface area (Å²) in [5.74, 6) is 0.685. The van der Waals surface area contributed by atoms with E-state index in [4.69, 9.17) is 0 Å². The highest BCUT2D eigenvalue weighted by atomic mass is 32.2. The molecule has 0 aromatic rings. The Morgan fingerprint density at radius 1 is 1.50 bits per heavy atom. The van der Waals surface area contributed by atoms with Gasteiger partial charge in [0.15, 0.2) is 0 Å². The Balaban J connectivity index is 2.56. The number of hydrogen-bond donors (Lipinski definition) is 0. The molecule has 0 radical (unpaired) electrons. The number of aliphatic imine (C=N–C) groups is 1. The van der Waals surface area contributed by atoms with E-state index in [2.05, 4.69) is 32.7 Å². The van der Waals surface area contributed by atoms with Crippen molar-refractivity contribution in [1.82, 2.24) is 0 Å². The van der Waals surface area contributed by atoms with Crippen LogP contribution in [-0.2, 0) is 0 Å². The lowest BCUT2D eigenvalue weighted by Crippen LogP contribution is -2.05. The van der Waals surface area contributed by atoms with Crippen LogP contribution in [0.3, 0.4) is 0 Å². The summed E-state index contributed by atoms with van der Waals surface area (Å²) in [5.41, 5.74) is 1.31. The van der Waals surface area contributed by atoms with Crippen LogP contribution in [0.1, 0.15) is 27.7 Å². The normalized spacial score (nSPS) is 33.1. The van der Waals surface area contributed by atoms with Crippen molar-refractivity contribution in [2.24, 2.45) is 10.9 Å². The van der Waals surface area contributed by atoms with Crippen molar-refractivity contribution in [3.05, 3.63) is 0 Å². The zero-order valence-electron chi connectivity index (χ0n) is 7.09. The second kappa shape index (κ2) is 2.95. The van der Waals surface area contributed by atoms with E-state index >= 15 is 0 Å². The molecule has 0 saturated carbocycles. The third-order valence-electron chi connectivity index (χ3n) is 1.83. The van der Waals surface area contributed by atoms with Crippen LogP contribution in [0.15, 0.2) is 4.99 Å². The molecular weight excluding hydrogens is 142 g/mol. The lowest BCUT2D eigenvalue weighted by atomic mass is 10.2. The Kier molecular flexibility index (Phi) is 2.40. The number of nitrogens with zero attached hydrogens (tertiary/aromatic N) is 1. The number of rotatable bonds is 1. The summed E-state index contributed by atoms with van der Waals surface area (Å²) in [5, 5.41) is 1.17. The topological polar surface area (TPSA) is 12.4 Å². The van der Waals surface area contributed by atoms with E-state index in [0.29, 0.717) is 16.5 Å². The average Bonchev–Trinajstić information content (AvgIpc) is 2.13. The SMILES string of the molecule is CC1=NC(C(C)C)SC1C. The molecule has 0 aromatic heterocycles. The number of thioether (sulfide) groups is 1. The molecule has 2 atom stereocenters. The molecule has 1 aliphatic rings. The van der Waals surface area contributed by atoms with Crippen LogP contribution < -0.4 is 0 Å². The van der Waals surface area contributed by atoms with Gasteiger partial charge in [0.05, 0.1) is 5.37 Å². The fourth-order valence-corrected chi connectivity index (χ4v) is 2.17. The van der Waals surface area contributed by atoms with E-state index < -0.39 is 0 Å². The highest BCUT2D eigenvalue weighted by Crippen LogP contribution is 2.31. The standard InChI is InChI=1S/C8H15NS/c1-5(2)8-9-6(3)7(4)10-8/h5,7-8H,1-4H3. The minimum Gasteiger partial charge on any atom is -0.279 e. The van der Waals surface area contributed by atoms with Crippen LogP contribution in [0, 0.1) is 5.92 Å². The van der Waals surface area contributed by atoms with E-state index in [-0.39, 0.29) is 0 Å². The Labute approximate surface area is 67.3 Å². The second-order valence-corrected chi connectivity index (χ2v) is 4.65. The Morgan fingerprint density at radius 2 is 2.10 bits per heavy atom. The van der Waals surface area contributed by atoms with Crippen molar-refractivity contribution in [1.29, 1.82) is 0 Å². The van der Waals surface area contributed by atoms with Crippen molar-refractivity contribution >= 4 is 17.5 Å². The van der Waals surface area contributed by atoms with Crippen LogP contribution >= 0.6 is 11.8 Å². The van der Waals surface area contributed by atoms with Gasteiger partial charge in [0.25, 0.3) is 0 Å². The van der Waals surface area contributed by atoms with Gasteiger partial charge in [-0.1, -0.05) is 13.8 Å². The van der Waals surface area contributed by atoms with Gasteiger partial charge in [-0.05, 0) is 19.8 Å². The molecule has 10 heavy (non-hydrogen) atoms. The summed E-state index contributed by atoms with van der Waals surface area (Å²) in [6, 6.07) is 0. The fraction of sp³-hybridized carbons (Fsp3) is 0.875. The molecule has 1 nitrogen and oxygen atoms in total. The quantitative estimate of drug-likeness (QED) is 0.570. The van der Waals surface area contributed by atoms with Gasteiger partial charge >= 0.3 is 0 Å². The van der Waals surface area contributed by atoms with Crippen molar-refractivity contribution in [3.63, 3.8) is 0 Å². The van der Waals surface area contributed by atoms with Crippen molar-refractivity contribution < 1.29 is 0 Å². The number of hydrogen-bond acceptors (Lipinski definition) is 2. The van der Waals surface area contributed by atoms with E-state index in [1.165, 1.54) is 5.71 Å². The molecule has 0 bridgehead atoms. The second-order valence-electron chi connectivity index (χ2n) is 3.18. The van der Waals surface area contributed by atoms with Gasteiger partial charge in [-0.3, -0.25) is 4.99 Å². The van der Waals surface area contributed by atoms with Crippen molar-refractivity contribution in [2.75, 3.05) is 0 Å². The highest BCUT2D eigenvalue weighted by molar-refractivity contribution is 8.01. The maximum Gasteiger partial charge on any atom is 0.0980 e. The van der Waals surface area contributed by atoms with Crippen LogP contribution in [-0.4, -0.2) is 16.3 Å². The largest absolute Gasteiger partial charge is 0.279 e. The monoisotopic (exact) mass is 157 g/mol. The predicted molar refractivity (Wildman–Crippen MR) is 48.8 cm³/mol. The molecule has 0 N–H and O–H groups in total. The lowest BCUT2D eigenvalue weighted by Gasteiger charge is -2.10. The maximum absolute atomic E-state index is 4.55. The smallest absolute Gasteiger partial charge is 0.0980 e. The van der Waals surface area contributed by atoms with Gasteiger partial charge in [0, 0.05) is 11.0 Å². The Bertz CT molecular complexity index is 151. The molecule has 1 rings (SSSR count). The molecule has 0 saturated heterocycles. The molecule has 58 valence electrons. The van der Waals surface area contributed by atoms with Crippen LogP contribution in [0.2, 0.25) is 0 Å². The first kappa shape index (κ1) is 8.12. The van der Waals surface area contributed by atoms with Gasteiger partial charge in [-0.15, -0.1) is 11.8 Å². The third-order valence-corrected chi connectivity index (χ3v) is 3.51. The van der Waals surface area contributed by atoms with E-state index in [9.17, 15) is 0 Å². The zero-order valence-corrected chi connectivity index (χ0v) is 7.90. The van der Waals surface area contributed by atoms with Gasteiger partial charge in [-0.2, -0.15) is 0 Å². The van der Waals surface area contributed by atoms with E-state index in [1.54, 1.807) is 0 Å². The average molecular weight is 157 g/mol. The summed E-state index contributed by atoms with van der Waals surface area (Å²) >= 11 is 1.98. The third kappa shape index (κ3) is 1.54. The lowest BCUT2D eigenvalue weighted by molar-refractivity contribution is 0.630. The fourth-order valence-electron chi connectivity index (χ4n) is 0.950. The minimum atomic E-state index is 0.523. The molecule has 2 heteroatoms. The first-order valence-electron chi connectivity index (χ1n) is 3.81. The molecular formula is C8H15NS. The Hall–Kier alpha value is 0.0200. The van der Waals surface area contributed by atoms with Crippen LogP contribution in [0.25, 0.3) is 0 Å². The van der Waals surface area contributed by atoms with Crippen LogP contribution in [0.4, 0.5) is 0 Å². The molecule has 0 amide bonds. The summed E-state index contributed by atoms with van der Waals surface area (Å²) in [6.07, 6.45) is 0.